The zero-order chi connectivity index (χ0) is 15.3. The number of thiophene rings is 1. The minimum Gasteiger partial charge on any atom is -0.333 e. The maximum atomic E-state index is 13.1. The van der Waals surface area contributed by atoms with Gasteiger partial charge in [0.1, 0.15) is 6.04 Å². The first-order valence-electron chi connectivity index (χ1n) is 7.90. The lowest BCUT2D eigenvalue weighted by atomic mass is 10.1. The average Bonchev–Trinajstić information content (AvgIpc) is 3.23. The number of thioether (sulfide) groups is 1. The van der Waals surface area contributed by atoms with Gasteiger partial charge >= 0.3 is 0 Å². The lowest BCUT2D eigenvalue weighted by molar-refractivity contribution is -0.144. The van der Waals surface area contributed by atoms with Crippen molar-refractivity contribution < 1.29 is 9.59 Å². The lowest BCUT2D eigenvalue weighted by Gasteiger charge is -2.33. The van der Waals surface area contributed by atoms with E-state index in [0.29, 0.717) is 6.42 Å². The SMILES string of the molecule is C[C@]12CCC(=O)N1[C@H](C(=O)N1CCC[C@@H]1c1cccs1)CS2. The van der Waals surface area contributed by atoms with E-state index in [1.807, 2.05) is 15.9 Å². The Morgan fingerprint density at radius 1 is 1.45 bits per heavy atom. The van der Waals surface area contributed by atoms with Crippen LogP contribution in [0.5, 0.6) is 0 Å². The molecule has 0 unspecified atom stereocenters. The molecule has 6 heteroatoms. The van der Waals surface area contributed by atoms with Crippen molar-refractivity contribution in [3.05, 3.63) is 22.4 Å². The largest absolute Gasteiger partial charge is 0.333 e. The molecule has 2 amide bonds. The summed E-state index contributed by atoms with van der Waals surface area (Å²) in [5, 5.41) is 2.07. The number of carbonyl (C=O) groups excluding carboxylic acids is 2. The quantitative estimate of drug-likeness (QED) is 0.834. The molecule has 0 aliphatic carbocycles. The molecule has 1 aromatic rings. The smallest absolute Gasteiger partial charge is 0.246 e. The molecular formula is C16H20N2O2S2. The Labute approximate surface area is 138 Å². The maximum absolute atomic E-state index is 13.1. The Morgan fingerprint density at radius 2 is 2.32 bits per heavy atom. The number of fused-ring (bicyclic) bond motifs is 1. The van der Waals surface area contributed by atoms with Gasteiger partial charge in [-0.1, -0.05) is 6.07 Å². The van der Waals surface area contributed by atoms with Crippen LogP contribution in [0.2, 0.25) is 0 Å². The zero-order valence-corrected chi connectivity index (χ0v) is 14.3. The maximum Gasteiger partial charge on any atom is 0.246 e. The van der Waals surface area contributed by atoms with E-state index < -0.39 is 0 Å². The fraction of sp³-hybridized carbons (Fsp3) is 0.625. The number of rotatable bonds is 2. The molecule has 3 atom stereocenters. The van der Waals surface area contributed by atoms with Crippen molar-refractivity contribution in [1.29, 1.82) is 0 Å². The van der Waals surface area contributed by atoms with Gasteiger partial charge in [0.15, 0.2) is 0 Å². The molecule has 0 radical (unpaired) electrons. The third-order valence-electron chi connectivity index (χ3n) is 5.14. The van der Waals surface area contributed by atoms with E-state index in [1.165, 1.54) is 4.88 Å². The van der Waals surface area contributed by atoms with Crippen LogP contribution < -0.4 is 0 Å². The van der Waals surface area contributed by atoms with Crippen molar-refractivity contribution in [2.45, 2.75) is 49.6 Å². The second-order valence-corrected chi connectivity index (χ2v) is 8.95. The fourth-order valence-electron chi connectivity index (χ4n) is 4.00. The Hall–Kier alpha value is -1.01. The van der Waals surface area contributed by atoms with Crippen molar-refractivity contribution in [1.82, 2.24) is 9.80 Å². The molecule has 1 aromatic heterocycles. The van der Waals surface area contributed by atoms with E-state index in [0.717, 1.165) is 31.6 Å². The van der Waals surface area contributed by atoms with E-state index in [-0.39, 0.29) is 28.8 Å². The molecule has 0 saturated carbocycles. The summed E-state index contributed by atoms with van der Waals surface area (Å²) < 4.78 is 0. The predicted octanol–water partition coefficient (Wildman–Crippen LogP) is 2.87. The molecule has 3 aliphatic rings. The summed E-state index contributed by atoms with van der Waals surface area (Å²) >= 11 is 3.50. The van der Waals surface area contributed by atoms with Crippen LogP contribution in [0.4, 0.5) is 0 Å². The molecule has 3 saturated heterocycles. The van der Waals surface area contributed by atoms with Crippen molar-refractivity contribution >= 4 is 34.9 Å². The molecule has 4 heterocycles. The van der Waals surface area contributed by atoms with Gasteiger partial charge in [-0.3, -0.25) is 9.59 Å². The first-order chi connectivity index (χ1) is 10.6. The van der Waals surface area contributed by atoms with Gasteiger partial charge in [0, 0.05) is 23.6 Å². The highest BCUT2D eigenvalue weighted by atomic mass is 32.2. The number of nitrogens with zero attached hydrogens (tertiary/aromatic N) is 2. The van der Waals surface area contributed by atoms with Gasteiger partial charge in [-0.15, -0.1) is 23.1 Å². The first-order valence-corrected chi connectivity index (χ1v) is 9.77. The molecule has 3 aliphatic heterocycles. The van der Waals surface area contributed by atoms with E-state index in [4.69, 9.17) is 0 Å². The van der Waals surface area contributed by atoms with Gasteiger partial charge in [0.2, 0.25) is 11.8 Å². The van der Waals surface area contributed by atoms with Crippen LogP contribution in [-0.2, 0) is 9.59 Å². The Kier molecular flexibility index (Phi) is 3.49. The second-order valence-electron chi connectivity index (χ2n) is 6.47. The van der Waals surface area contributed by atoms with Crippen molar-refractivity contribution in [3.8, 4) is 0 Å². The summed E-state index contributed by atoms with van der Waals surface area (Å²) in [6.45, 7) is 2.93. The molecule has 0 N–H and O–H groups in total. The number of hydrogen-bond donors (Lipinski definition) is 0. The normalized spacial score (nSPS) is 34.5. The Morgan fingerprint density at radius 3 is 3.09 bits per heavy atom. The standard InChI is InChI=1S/C16H20N2O2S2/c1-16-7-6-14(19)18(16)12(10-22-16)15(20)17-8-2-4-11(17)13-5-3-9-21-13/h3,5,9,11-12H,2,4,6-8,10H2,1H3/t11-,12+,16+/m1/s1. The molecule has 4 nitrogen and oxygen atoms in total. The van der Waals surface area contributed by atoms with E-state index in [9.17, 15) is 9.59 Å². The van der Waals surface area contributed by atoms with Crippen LogP contribution in [-0.4, -0.2) is 44.8 Å². The molecule has 22 heavy (non-hydrogen) atoms. The number of likely N-dealkylation sites (tertiary alicyclic amines) is 1. The summed E-state index contributed by atoms with van der Waals surface area (Å²) in [5.74, 6) is 1.05. The third kappa shape index (κ3) is 2.11. The van der Waals surface area contributed by atoms with E-state index in [2.05, 4.69) is 18.4 Å². The number of carbonyl (C=O) groups is 2. The molecule has 0 bridgehead atoms. The van der Waals surface area contributed by atoms with Gasteiger partial charge in [0.25, 0.3) is 0 Å². The number of amides is 2. The van der Waals surface area contributed by atoms with Crippen LogP contribution in [0.15, 0.2) is 17.5 Å². The Balaban J connectivity index is 1.58. The summed E-state index contributed by atoms with van der Waals surface area (Å²) in [4.78, 5) is 30.4. The first kappa shape index (κ1) is 14.6. The van der Waals surface area contributed by atoms with Gasteiger partial charge in [-0.25, -0.2) is 0 Å². The highest BCUT2D eigenvalue weighted by Crippen LogP contribution is 2.48. The van der Waals surface area contributed by atoms with Crippen molar-refractivity contribution in [3.63, 3.8) is 0 Å². The van der Waals surface area contributed by atoms with Crippen LogP contribution in [0.3, 0.4) is 0 Å². The fourth-order valence-corrected chi connectivity index (χ4v) is 6.30. The molecule has 0 spiro atoms. The molecule has 4 rings (SSSR count). The van der Waals surface area contributed by atoms with E-state index >= 15 is 0 Å². The molecule has 0 aromatic carbocycles. The highest BCUT2D eigenvalue weighted by Gasteiger charge is 2.54. The predicted molar refractivity (Wildman–Crippen MR) is 88.7 cm³/mol. The summed E-state index contributed by atoms with van der Waals surface area (Å²) in [5.41, 5.74) is 0. The molecule has 118 valence electrons. The van der Waals surface area contributed by atoms with Crippen molar-refractivity contribution in [2.75, 3.05) is 12.3 Å². The molecule has 3 fully saturated rings. The van der Waals surface area contributed by atoms with Crippen LogP contribution in [0.1, 0.15) is 43.5 Å². The number of hydrogen-bond acceptors (Lipinski definition) is 4. The van der Waals surface area contributed by atoms with Gasteiger partial charge in [0.05, 0.1) is 10.9 Å². The zero-order valence-electron chi connectivity index (χ0n) is 12.7. The lowest BCUT2D eigenvalue weighted by Crippen LogP contribution is -2.51. The minimum atomic E-state index is -0.259. The van der Waals surface area contributed by atoms with Crippen molar-refractivity contribution in [2.24, 2.45) is 0 Å². The second kappa shape index (κ2) is 5.27. The monoisotopic (exact) mass is 336 g/mol. The third-order valence-corrected chi connectivity index (χ3v) is 7.62. The summed E-state index contributed by atoms with van der Waals surface area (Å²) in [6.07, 6.45) is 3.55. The minimum absolute atomic E-state index is 0.151. The summed E-state index contributed by atoms with van der Waals surface area (Å²) in [7, 11) is 0. The average molecular weight is 336 g/mol. The van der Waals surface area contributed by atoms with Crippen LogP contribution in [0, 0.1) is 0 Å². The topological polar surface area (TPSA) is 40.6 Å². The Bertz CT molecular complexity index is 603. The highest BCUT2D eigenvalue weighted by molar-refractivity contribution is 8.01. The van der Waals surface area contributed by atoms with Gasteiger partial charge in [-0.05, 0) is 37.6 Å². The van der Waals surface area contributed by atoms with E-state index in [1.54, 1.807) is 23.1 Å². The summed E-state index contributed by atoms with van der Waals surface area (Å²) in [6, 6.07) is 4.12. The van der Waals surface area contributed by atoms with Crippen LogP contribution >= 0.6 is 23.1 Å². The van der Waals surface area contributed by atoms with Gasteiger partial charge in [-0.2, -0.15) is 0 Å². The van der Waals surface area contributed by atoms with Crippen LogP contribution in [0.25, 0.3) is 0 Å². The van der Waals surface area contributed by atoms with Gasteiger partial charge < -0.3 is 9.80 Å². The molecular weight excluding hydrogens is 316 g/mol.